The van der Waals surface area contributed by atoms with Crippen LogP contribution in [-0.2, 0) is 24.2 Å². The number of benzene rings is 1. The van der Waals surface area contributed by atoms with Crippen LogP contribution in [0.1, 0.15) is 42.5 Å². The van der Waals surface area contributed by atoms with Gasteiger partial charge in [0.25, 0.3) is 5.56 Å². The summed E-state index contributed by atoms with van der Waals surface area (Å²) in [6.07, 6.45) is 7.64. The van der Waals surface area contributed by atoms with E-state index >= 15 is 0 Å². The fourth-order valence-electron chi connectivity index (χ4n) is 4.53. The third-order valence-corrected chi connectivity index (χ3v) is 8.07. The minimum atomic E-state index is -0.0841. The minimum Gasteiger partial charge on any atom is -0.352 e. The monoisotopic (exact) mass is 469 g/mol. The van der Waals surface area contributed by atoms with Crippen molar-refractivity contribution in [1.29, 1.82) is 0 Å². The highest BCUT2D eigenvalue weighted by Gasteiger charge is 2.28. The molecule has 168 valence electrons. The van der Waals surface area contributed by atoms with Gasteiger partial charge in [-0.15, -0.1) is 16.9 Å². The van der Waals surface area contributed by atoms with Gasteiger partial charge in [-0.3, -0.25) is 9.59 Å². The Bertz CT molecular complexity index is 1190. The molecule has 1 aliphatic carbocycles. The summed E-state index contributed by atoms with van der Waals surface area (Å²) in [5, 5.41) is 8.47. The fraction of sp³-hybridized carbons (Fsp3) is 0.478. The van der Waals surface area contributed by atoms with Crippen molar-refractivity contribution in [2.45, 2.75) is 50.0 Å². The number of hydrogen-bond acceptors (Lipinski definition) is 7. The van der Waals surface area contributed by atoms with Crippen molar-refractivity contribution in [2.75, 3.05) is 24.2 Å². The summed E-state index contributed by atoms with van der Waals surface area (Å²) in [6.45, 7) is 2.00. The Kier molecular flexibility index (Phi) is 6.19. The van der Waals surface area contributed by atoms with Gasteiger partial charge in [0.15, 0.2) is 0 Å². The van der Waals surface area contributed by atoms with Gasteiger partial charge in [0.2, 0.25) is 16.0 Å². The summed E-state index contributed by atoms with van der Waals surface area (Å²) < 4.78 is 1.46. The number of carbonyl (C=O) groups excluding carboxylic acids is 1. The second kappa shape index (κ2) is 9.23. The number of aromatic nitrogens is 3. The van der Waals surface area contributed by atoms with Crippen LogP contribution < -0.4 is 15.8 Å². The summed E-state index contributed by atoms with van der Waals surface area (Å²) >= 11 is 3.16. The molecule has 0 radical (unpaired) electrons. The maximum atomic E-state index is 12.9. The smallest absolute Gasteiger partial charge is 0.278 e. The van der Waals surface area contributed by atoms with E-state index in [9.17, 15) is 9.59 Å². The SMILES string of the molecule is CSc1ccc(CNC(=O)[C@@H]2CCCN(c3nn4c(=O)c5c(nc4s3)CCCC5)C2)cc1. The third-order valence-electron chi connectivity index (χ3n) is 6.36. The maximum absolute atomic E-state index is 12.9. The molecule has 1 aliphatic heterocycles. The van der Waals surface area contributed by atoms with E-state index in [1.165, 1.54) is 20.7 Å². The summed E-state index contributed by atoms with van der Waals surface area (Å²) in [4.78, 5) is 34.5. The second-order valence-electron chi connectivity index (χ2n) is 8.48. The van der Waals surface area contributed by atoms with Crippen molar-refractivity contribution in [2.24, 2.45) is 5.92 Å². The van der Waals surface area contributed by atoms with Crippen LogP contribution in [0.5, 0.6) is 0 Å². The highest BCUT2D eigenvalue weighted by molar-refractivity contribution is 7.98. The van der Waals surface area contributed by atoms with E-state index in [-0.39, 0.29) is 17.4 Å². The number of hydrogen-bond donors (Lipinski definition) is 1. The van der Waals surface area contributed by atoms with E-state index in [1.807, 2.05) is 0 Å². The Labute approximate surface area is 195 Å². The van der Waals surface area contributed by atoms with Gasteiger partial charge in [-0.05, 0) is 62.5 Å². The Morgan fingerprint density at radius 1 is 1.22 bits per heavy atom. The number of thioether (sulfide) groups is 1. The van der Waals surface area contributed by atoms with Gasteiger partial charge in [-0.1, -0.05) is 23.5 Å². The van der Waals surface area contributed by atoms with Gasteiger partial charge in [-0.2, -0.15) is 4.52 Å². The molecule has 2 aliphatic rings. The van der Waals surface area contributed by atoms with Crippen LogP contribution in [0.2, 0.25) is 0 Å². The van der Waals surface area contributed by atoms with Crippen LogP contribution in [-0.4, -0.2) is 39.9 Å². The van der Waals surface area contributed by atoms with Crippen molar-refractivity contribution >= 4 is 39.1 Å². The van der Waals surface area contributed by atoms with Crippen LogP contribution in [0, 0.1) is 5.92 Å². The molecule has 1 saturated heterocycles. The van der Waals surface area contributed by atoms with Gasteiger partial charge in [-0.25, -0.2) is 4.98 Å². The van der Waals surface area contributed by atoms with Crippen molar-refractivity contribution in [3.8, 4) is 0 Å². The van der Waals surface area contributed by atoms with Crippen LogP contribution in [0.4, 0.5) is 5.13 Å². The normalized spacial score (nSPS) is 18.5. The molecule has 3 aromatic rings. The van der Waals surface area contributed by atoms with Crippen molar-refractivity contribution in [1.82, 2.24) is 19.9 Å². The standard InChI is InChI=1S/C23H27N5O2S2/c1-31-17-10-8-15(9-11-17)13-24-20(29)16-5-4-12-27(14-16)23-26-28-21(30)18-6-2-3-7-19(18)25-22(28)32-23/h8-11,16H,2-7,12-14H2,1H3,(H,24,29)/t16-/m1/s1. The first kappa shape index (κ1) is 21.5. The molecule has 0 saturated carbocycles. The number of nitrogens with zero attached hydrogens (tertiary/aromatic N) is 4. The molecule has 1 atom stereocenters. The van der Waals surface area contributed by atoms with Crippen LogP contribution >= 0.6 is 23.1 Å². The lowest BCUT2D eigenvalue weighted by Gasteiger charge is -2.31. The van der Waals surface area contributed by atoms with Gasteiger partial charge >= 0.3 is 0 Å². The molecule has 0 bridgehead atoms. The van der Waals surface area contributed by atoms with Gasteiger partial charge in [0, 0.05) is 30.1 Å². The zero-order valence-electron chi connectivity index (χ0n) is 18.2. The fourth-order valence-corrected chi connectivity index (χ4v) is 5.89. The Hall–Kier alpha value is -2.39. The first-order valence-corrected chi connectivity index (χ1v) is 13.2. The number of carbonyl (C=O) groups is 1. The van der Waals surface area contributed by atoms with E-state index < -0.39 is 0 Å². The third kappa shape index (κ3) is 4.28. The predicted molar refractivity (Wildman–Crippen MR) is 129 cm³/mol. The quantitative estimate of drug-likeness (QED) is 0.578. The zero-order chi connectivity index (χ0) is 22.1. The van der Waals surface area contributed by atoms with E-state index in [1.54, 1.807) is 11.8 Å². The first-order valence-electron chi connectivity index (χ1n) is 11.2. The average molecular weight is 470 g/mol. The lowest BCUT2D eigenvalue weighted by Crippen LogP contribution is -2.43. The number of aryl methyl sites for hydroxylation is 1. The molecule has 0 unspecified atom stereocenters. The van der Waals surface area contributed by atoms with E-state index in [2.05, 4.69) is 45.8 Å². The molecule has 1 amide bonds. The summed E-state index contributed by atoms with van der Waals surface area (Å²) in [7, 11) is 0. The zero-order valence-corrected chi connectivity index (χ0v) is 19.8. The molecule has 1 aromatic carbocycles. The number of anilines is 1. The Morgan fingerprint density at radius 3 is 2.84 bits per heavy atom. The van der Waals surface area contributed by atoms with Crippen LogP contribution in [0.15, 0.2) is 34.0 Å². The molecule has 3 heterocycles. The number of rotatable bonds is 5. The second-order valence-corrected chi connectivity index (χ2v) is 10.3. The average Bonchev–Trinajstić information content (AvgIpc) is 3.27. The summed E-state index contributed by atoms with van der Waals surface area (Å²) in [5.41, 5.74) is 2.85. The largest absolute Gasteiger partial charge is 0.352 e. The molecule has 7 nitrogen and oxygen atoms in total. The molecule has 9 heteroatoms. The number of piperidine rings is 1. The van der Waals surface area contributed by atoms with Gasteiger partial charge in [0.05, 0.1) is 11.6 Å². The molecule has 0 spiro atoms. The summed E-state index contributed by atoms with van der Waals surface area (Å²) in [5.74, 6) is -0.00497. The maximum Gasteiger partial charge on any atom is 0.278 e. The number of nitrogens with one attached hydrogen (secondary N) is 1. The molecular formula is C23H27N5O2S2. The Morgan fingerprint density at radius 2 is 2.03 bits per heavy atom. The molecule has 32 heavy (non-hydrogen) atoms. The molecule has 5 rings (SSSR count). The molecule has 1 fully saturated rings. The van der Waals surface area contributed by atoms with Crippen molar-refractivity contribution < 1.29 is 4.79 Å². The highest BCUT2D eigenvalue weighted by Crippen LogP contribution is 2.28. The van der Waals surface area contributed by atoms with Gasteiger partial charge < -0.3 is 10.2 Å². The molecule has 2 aromatic heterocycles. The molecule has 1 N–H and O–H groups in total. The van der Waals surface area contributed by atoms with Crippen molar-refractivity contribution in [3.63, 3.8) is 0 Å². The highest BCUT2D eigenvalue weighted by atomic mass is 32.2. The lowest BCUT2D eigenvalue weighted by molar-refractivity contribution is -0.125. The van der Waals surface area contributed by atoms with Gasteiger partial charge in [0.1, 0.15) is 0 Å². The minimum absolute atomic E-state index is 0.0222. The molecular weight excluding hydrogens is 442 g/mol. The van der Waals surface area contributed by atoms with Crippen molar-refractivity contribution in [3.05, 3.63) is 51.4 Å². The van der Waals surface area contributed by atoms with Crippen LogP contribution in [0.25, 0.3) is 4.96 Å². The first-order chi connectivity index (χ1) is 15.6. The topological polar surface area (TPSA) is 79.6 Å². The number of fused-ring (bicyclic) bond motifs is 2. The van der Waals surface area contributed by atoms with E-state index in [0.29, 0.717) is 18.1 Å². The Balaban J connectivity index is 1.28. The van der Waals surface area contributed by atoms with Crippen LogP contribution in [0.3, 0.4) is 0 Å². The van der Waals surface area contributed by atoms with E-state index in [4.69, 9.17) is 4.98 Å². The summed E-state index contributed by atoms with van der Waals surface area (Å²) in [6, 6.07) is 8.28. The number of amides is 1. The predicted octanol–water partition coefficient (Wildman–Crippen LogP) is 3.28. The van der Waals surface area contributed by atoms with E-state index in [0.717, 1.165) is 67.0 Å². The lowest BCUT2D eigenvalue weighted by atomic mass is 9.97.